The lowest BCUT2D eigenvalue weighted by Crippen LogP contribution is -2.15. The SMILES string of the molecule is CCCCCCCC(=O)OCCOCCOCCOCCOCCOCCO. The molecule has 168 valence electrons. The Morgan fingerprint density at radius 2 is 1.04 bits per heavy atom. The van der Waals surface area contributed by atoms with E-state index >= 15 is 0 Å². The first-order valence-electron chi connectivity index (χ1n) is 10.5. The predicted molar refractivity (Wildman–Crippen MR) is 106 cm³/mol. The molecule has 8 nitrogen and oxygen atoms in total. The molecule has 0 unspecified atom stereocenters. The summed E-state index contributed by atoms with van der Waals surface area (Å²) >= 11 is 0. The highest BCUT2D eigenvalue weighted by Crippen LogP contribution is 2.05. The topological polar surface area (TPSA) is 92.7 Å². The molecule has 0 saturated carbocycles. The number of hydrogen-bond acceptors (Lipinski definition) is 8. The second kappa shape index (κ2) is 24.3. The summed E-state index contributed by atoms with van der Waals surface area (Å²) in [7, 11) is 0. The number of unbranched alkanes of at least 4 members (excludes halogenated alkanes) is 4. The summed E-state index contributed by atoms with van der Waals surface area (Å²) in [6.45, 7) is 7.13. The van der Waals surface area contributed by atoms with Crippen LogP contribution in [0.25, 0.3) is 0 Å². The maximum absolute atomic E-state index is 11.5. The Labute approximate surface area is 169 Å². The first-order valence-corrected chi connectivity index (χ1v) is 10.5. The molecule has 0 aromatic heterocycles. The molecule has 0 aliphatic rings. The largest absolute Gasteiger partial charge is 0.463 e. The quantitative estimate of drug-likeness (QED) is 0.203. The number of carbonyl (C=O) groups excluding carboxylic acids is 1. The average Bonchev–Trinajstić information content (AvgIpc) is 2.70. The van der Waals surface area contributed by atoms with Gasteiger partial charge in [-0.05, 0) is 6.42 Å². The third-order valence-electron chi connectivity index (χ3n) is 3.70. The number of aliphatic hydroxyl groups is 1. The molecule has 0 heterocycles. The van der Waals surface area contributed by atoms with Crippen molar-refractivity contribution in [2.75, 3.05) is 79.3 Å². The predicted octanol–water partition coefficient (Wildman–Crippen LogP) is 1.97. The van der Waals surface area contributed by atoms with Gasteiger partial charge in [-0.25, -0.2) is 0 Å². The van der Waals surface area contributed by atoms with E-state index in [1.54, 1.807) is 0 Å². The molecular weight excluding hydrogens is 368 g/mol. The Kier molecular flexibility index (Phi) is 23.6. The lowest BCUT2D eigenvalue weighted by atomic mass is 10.1. The van der Waals surface area contributed by atoms with Gasteiger partial charge in [0.05, 0.1) is 72.7 Å². The van der Waals surface area contributed by atoms with Crippen molar-refractivity contribution >= 4 is 5.97 Å². The number of ether oxygens (including phenoxy) is 6. The minimum Gasteiger partial charge on any atom is -0.463 e. The van der Waals surface area contributed by atoms with Gasteiger partial charge in [-0.3, -0.25) is 4.79 Å². The fourth-order valence-electron chi connectivity index (χ4n) is 2.21. The first kappa shape index (κ1) is 27.2. The molecule has 0 radical (unpaired) electrons. The van der Waals surface area contributed by atoms with E-state index in [0.717, 1.165) is 12.8 Å². The van der Waals surface area contributed by atoms with Gasteiger partial charge in [0.25, 0.3) is 0 Å². The number of carbonyl (C=O) groups is 1. The highest BCUT2D eigenvalue weighted by Gasteiger charge is 2.02. The lowest BCUT2D eigenvalue weighted by molar-refractivity contribution is -0.145. The third kappa shape index (κ3) is 23.3. The molecule has 0 atom stereocenters. The van der Waals surface area contributed by atoms with E-state index in [1.807, 2.05) is 0 Å². The summed E-state index contributed by atoms with van der Waals surface area (Å²) in [5.74, 6) is -0.143. The van der Waals surface area contributed by atoms with Crippen molar-refractivity contribution in [1.29, 1.82) is 0 Å². The summed E-state index contributed by atoms with van der Waals surface area (Å²) in [6, 6.07) is 0. The highest BCUT2D eigenvalue weighted by atomic mass is 16.6. The molecule has 0 amide bonds. The fourth-order valence-corrected chi connectivity index (χ4v) is 2.21. The monoisotopic (exact) mass is 408 g/mol. The summed E-state index contributed by atoms with van der Waals surface area (Å²) in [6.07, 6.45) is 6.11. The standard InChI is InChI=1S/C20H40O8/c1-2-3-4-5-6-7-20(22)28-19-18-27-17-16-26-15-14-25-13-12-24-11-10-23-9-8-21/h21H,2-19H2,1H3. The van der Waals surface area contributed by atoms with Crippen molar-refractivity contribution in [2.45, 2.75) is 45.4 Å². The smallest absolute Gasteiger partial charge is 0.305 e. The highest BCUT2D eigenvalue weighted by molar-refractivity contribution is 5.69. The first-order chi connectivity index (χ1) is 13.8. The van der Waals surface area contributed by atoms with Gasteiger partial charge < -0.3 is 33.5 Å². The third-order valence-corrected chi connectivity index (χ3v) is 3.70. The normalized spacial score (nSPS) is 11.1. The van der Waals surface area contributed by atoms with Crippen LogP contribution in [0.2, 0.25) is 0 Å². The van der Waals surface area contributed by atoms with E-state index in [-0.39, 0.29) is 12.6 Å². The molecule has 0 spiro atoms. The number of rotatable bonds is 23. The second-order valence-electron chi connectivity index (χ2n) is 6.17. The Bertz CT molecular complexity index is 315. The zero-order valence-electron chi connectivity index (χ0n) is 17.5. The van der Waals surface area contributed by atoms with Crippen LogP contribution in [-0.2, 0) is 33.2 Å². The minimum atomic E-state index is -0.143. The van der Waals surface area contributed by atoms with E-state index in [4.69, 9.17) is 33.5 Å². The Morgan fingerprint density at radius 1 is 0.607 bits per heavy atom. The van der Waals surface area contributed by atoms with Gasteiger partial charge in [-0.15, -0.1) is 0 Å². The van der Waals surface area contributed by atoms with Crippen molar-refractivity contribution < 1.29 is 38.3 Å². The van der Waals surface area contributed by atoms with Crippen molar-refractivity contribution in [1.82, 2.24) is 0 Å². The Balaban J connectivity index is 3.09. The van der Waals surface area contributed by atoms with Crippen LogP contribution >= 0.6 is 0 Å². The van der Waals surface area contributed by atoms with Crippen molar-refractivity contribution in [3.8, 4) is 0 Å². The molecular formula is C20H40O8. The molecule has 28 heavy (non-hydrogen) atoms. The lowest BCUT2D eigenvalue weighted by Gasteiger charge is -2.08. The molecule has 1 N–H and O–H groups in total. The molecule has 8 heteroatoms. The fraction of sp³-hybridized carbons (Fsp3) is 0.950. The van der Waals surface area contributed by atoms with Crippen LogP contribution in [-0.4, -0.2) is 90.4 Å². The molecule has 0 aromatic carbocycles. The maximum atomic E-state index is 11.5. The molecule has 0 saturated heterocycles. The van der Waals surface area contributed by atoms with E-state index in [9.17, 15) is 4.79 Å². The number of esters is 1. The van der Waals surface area contributed by atoms with Crippen LogP contribution in [0.4, 0.5) is 0 Å². The molecule has 0 aromatic rings. The second-order valence-corrected chi connectivity index (χ2v) is 6.17. The van der Waals surface area contributed by atoms with Gasteiger partial charge in [0.15, 0.2) is 0 Å². The molecule has 0 fully saturated rings. The van der Waals surface area contributed by atoms with Crippen molar-refractivity contribution in [3.05, 3.63) is 0 Å². The van der Waals surface area contributed by atoms with Gasteiger partial charge in [0, 0.05) is 6.42 Å². The van der Waals surface area contributed by atoms with Crippen molar-refractivity contribution in [2.24, 2.45) is 0 Å². The van der Waals surface area contributed by atoms with Crippen LogP contribution in [0.1, 0.15) is 45.4 Å². The molecule has 0 aliphatic carbocycles. The molecule has 0 aliphatic heterocycles. The van der Waals surface area contributed by atoms with E-state index in [2.05, 4.69) is 6.92 Å². The van der Waals surface area contributed by atoms with E-state index in [1.165, 1.54) is 19.3 Å². The zero-order valence-corrected chi connectivity index (χ0v) is 17.5. The molecule has 0 rings (SSSR count). The Hall–Kier alpha value is -0.770. The van der Waals surface area contributed by atoms with Gasteiger partial charge in [-0.1, -0.05) is 32.6 Å². The number of hydrogen-bond donors (Lipinski definition) is 1. The van der Waals surface area contributed by atoms with E-state index < -0.39 is 0 Å². The number of aliphatic hydroxyl groups excluding tert-OH is 1. The maximum Gasteiger partial charge on any atom is 0.305 e. The van der Waals surface area contributed by atoms with Crippen LogP contribution in [0.3, 0.4) is 0 Å². The van der Waals surface area contributed by atoms with Crippen LogP contribution < -0.4 is 0 Å². The van der Waals surface area contributed by atoms with Crippen LogP contribution in [0.15, 0.2) is 0 Å². The van der Waals surface area contributed by atoms with E-state index in [0.29, 0.717) is 79.1 Å². The van der Waals surface area contributed by atoms with Gasteiger partial charge in [0.2, 0.25) is 0 Å². The van der Waals surface area contributed by atoms with Gasteiger partial charge in [0.1, 0.15) is 6.61 Å². The van der Waals surface area contributed by atoms with Gasteiger partial charge in [-0.2, -0.15) is 0 Å². The summed E-state index contributed by atoms with van der Waals surface area (Å²) in [5.41, 5.74) is 0. The summed E-state index contributed by atoms with van der Waals surface area (Å²) in [5, 5.41) is 8.52. The van der Waals surface area contributed by atoms with Crippen molar-refractivity contribution in [3.63, 3.8) is 0 Å². The van der Waals surface area contributed by atoms with Crippen LogP contribution in [0, 0.1) is 0 Å². The average molecular weight is 409 g/mol. The summed E-state index contributed by atoms with van der Waals surface area (Å²) in [4.78, 5) is 11.5. The minimum absolute atomic E-state index is 0.0286. The van der Waals surface area contributed by atoms with Crippen LogP contribution in [0.5, 0.6) is 0 Å². The molecule has 0 bridgehead atoms. The zero-order chi connectivity index (χ0) is 20.5. The van der Waals surface area contributed by atoms with Gasteiger partial charge >= 0.3 is 5.97 Å². The summed E-state index contributed by atoms with van der Waals surface area (Å²) < 4.78 is 31.5. The Morgan fingerprint density at radius 3 is 1.50 bits per heavy atom.